The van der Waals surface area contributed by atoms with Gasteiger partial charge in [0.25, 0.3) is 0 Å². The first-order valence-corrected chi connectivity index (χ1v) is 8.81. The second-order valence-corrected chi connectivity index (χ2v) is 7.41. The molecule has 0 saturated carbocycles. The molecule has 2 amide bonds. The average molecular weight is 334 g/mol. The fourth-order valence-corrected chi connectivity index (χ4v) is 3.87. The van der Waals surface area contributed by atoms with Crippen molar-refractivity contribution >= 4 is 11.8 Å². The molecule has 0 radical (unpaired) electrons. The molecule has 7 heteroatoms. The molecule has 2 fully saturated rings. The van der Waals surface area contributed by atoms with Crippen molar-refractivity contribution in [3.05, 3.63) is 11.4 Å². The van der Waals surface area contributed by atoms with Crippen molar-refractivity contribution in [3.8, 4) is 0 Å². The molecule has 0 N–H and O–H groups in total. The van der Waals surface area contributed by atoms with Crippen LogP contribution in [0.25, 0.3) is 0 Å². The van der Waals surface area contributed by atoms with E-state index in [2.05, 4.69) is 33.7 Å². The Morgan fingerprint density at radius 2 is 2.12 bits per heavy atom. The fraction of sp³-hybridized carbons (Fsp3) is 0.765. The molecule has 7 nitrogen and oxygen atoms in total. The summed E-state index contributed by atoms with van der Waals surface area (Å²) in [4.78, 5) is 28.8. The largest absolute Gasteiger partial charge is 0.342 e. The van der Waals surface area contributed by atoms with Crippen LogP contribution in [0.3, 0.4) is 0 Å². The highest BCUT2D eigenvalue weighted by molar-refractivity contribution is 5.79. The average Bonchev–Trinajstić information content (AvgIpc) is 2.94. The number of fused-ring (bicyclic) bond motifs is 1. The molecule has 1 aromatic rings. The minimum atomic E-state index is 0.0690. The number of amides is 2. The summed E-state index contributed by atoms with van der Waals surface area (Å²) in [6, 6.07) is 0.285. The highest BCUT2D eigenvalue weighted by Gasteiger charge is 2.40. The van der Waals surface area contributed by atoms with E-state index in [1.165, 1.54) is 0 Å². The van der Waals surface area contributed by atoms with Crippen LogP contribution < -0.4 is 0 Å². The molecular weight excluding hydrogens is 308 g/mol. The van der Waals surface area contributed by atoms with Crippen molar-refractivity contribution in [1.82, 2.24) is 20.1 Å². The minimum absolute atomic E-state index is 0.0690. The monoisotopic (exact) mass is 334 g/mol. The molecule has 2 aliphatic heterocycles. The van der Waals surface area contributed by atoms with Crippen LogP contribution in [-0.2, 0) is 16.0 Å². The van der Waals surface area contributed by atoms with E-state index in [-0.39, 0.29) is 24.3 Å². The number of hydrogen-bond donors (Lipinski definition) is 0. The molecule has 2 unspecified atom stereocenters. The Balaban J connectivity index is 1.63. The third kappa shape index (κ3) is 3.44. The highest BCUT2D eigenvalue weighted by atomic mass is 16.6. The number of piperidine rings is 2. The number of aryl methyl sites for hydroxylation is 1. The Morgan fingerprint density at radius 1 is 1.33 bits per heavy atom. The quantitative estimate of drug-likeness (QED) is 0.832. The Morgan fingerprint density at radius 3 is 2.79 bits per heavy atom. The summed E-state index contributed by atoms with van der Waals surface area (Å²) in [5, 5.41) is 7.53. The molecule has 0 bridgehead atoms. The van der Waals surface area contributed by atoms with Crippen LogP contribution in [0.5, 0.6) is 0 Å². The van der Waals surface area contributed by atoms with Crippen LogP contribution in [0.15, 0.2) is 4.63 Å². The maximum Gasteiger partial charge on any atom is 0.228 e. The van der Waals surface area contributed by atoms with Crippen molar-refractivity contribution in [2.45, 2.75) is 52.5 Å². The molecule has 3 rings (SSSR count). The van der Waals surface area contributed by atoms with Gasteiger partial charge in [0.2, 0.25) is 11.8 Å². The van der Waals surface area contributed by atoms with Gasteiger partial charge in [-0.25, -0.2) is 4.63 Å². The standard InChI is InChI=1S/C17H26N4O3/c1-11(2)9-21-15-6-7-20(10-13(15)4-5-16(21)22)17(23)8-14-12(3)18-24-19-14/h11,13,15H,4-10H2,1-3H3. The topological polar surface area (TPSA) is 79.5 Å². The fourth-order valence-electron chi connectivity index (χ4n) is 3.87. The maximum absolute atomic E-state index is 12.6. The van der Waals surface area contributed by atoms with Gasteiger partial charge in [-0.3, -0.25) is 9.59 Å². The Bertz CT molecular complexity index is 613. The lowest BCUT2D eigenvalue weighted by atomic mass is 9.83. The number of carbonyl (C=O) groups is 2. The van der Waals surface area contributed by atoms with Gasteiger partial charge in [-0.05, 0) is 31.6 Å². The van der Waals surface area contributed by atoms with Gasteiger partial charge in [0.05, 0.1) is 6.42 Å². The van der Waals surface area contributed by atoms with E-state index in [9.17, 15) is 9.59 Å². The highest BCUT2D eigenvalue weighted by Crippen LogP contribution is 2.32. The molecular formula is C17H26N4O3. The Labute approximate surface area is 142 Å². The Kier molecular flexibility index (Phi) is 4.87. The number of aromatic nitrogens is 2. The molecule has 132 valence electrons. The van der Waals surface area contributed by atoms with Gasteiger partial charge in [0.15, 0.2) is 0 Å². The van der Waals surface area contributed by atoms with Gasteiger partial charge < -0.3 is 9.80 Å². The number of rotatable bonds is 4. The lowest BCUT2D eigenvalue weighted by molar-refractivity contribution is -0.144. The lowest BCUT2D eigenvalue weighted by Crippen LogP contribution is -2.57. The number of nitrogens with zero attached hydrogens (tertiary/aromatic N) is 4. The first-order chi connectivity index (χ1) is 11.5. The van der Waals surface area contributed by atoms with E-state index < -0.39 is 0 Å². The maximum atomic E-state index is 12.6. The predicted molar refractivity (Wildman–Crippen MR) is 87.0 cm³/mol. The van der Waals surface area contributed by atoms with Gasteiger partial charge in [0, 0.05) is 32.1 Å². The van der Waals surface area contributed by atoms with Crippen molar-refractivity contribution in [2.75, 3.05) is 19.6 Å². The van der Waals surface area contributed by atoms with E-state index in [0.717, 1.165) is 25.9 Å². The Hall–Kier alpha value is -1.92. The van der Waals surface area contributed by atoms with Crippen molar-refractivity contribution in [1.29, 1.82) is 0 Å². The van der Waals surface area contributed by atoms with Gasteiger partial charge in [-0.15, -0.1) is 0 Å². The molecule has 2 atom stereocenters. The van der Waals surface area contributed by atoms with Gasteiger partial charge in [-0.2, -0.15) is 0 Å². The summed E-state index contributed by atoms with van der Waals surface area (Å²) < 4.78 is 4.67. The summed E-state index contributed by atoms with van der Waals surface area (Å²) in [6.45, 7) is 8.33. The van der Waals surface area contributed by atoms with Crippen molar-refractivity contribution in [3.63, 3.8) is 0 Å². The van der Waals surface area contributed by atoms with Crippen molar-refractivity contribution in [2.24, 2.45) is 11.8 Å². The van der Waals surface area contributed by atoms with Gasteiger partial charge >= 0.3 is 0 Å². The van der Waals surface area contributed by atoms with E-state index in [1.54, 1.807) is 6.92 Å². The first-order valence-electron chi connectivity index (χ1n) is 8.81. The van der Waals surface area contributed by atoms with Crippen LogP contribution in [0.4, 0.5) is 0 Å². The third-order valence-electron chi connectivity index (χ3n) is 5.12. The van der Waals surface area contributed by atoms with Gasteiger partial charge in [-0.1, -0.05) is 24.2 Å². The second kappa shape index (κ2) is 6.91. The molecule has 2 aliphatic rings. The second-order valence-electron chi connectivity index (χ2n) is 7.41. The van der Waals surface area contributed by atoms with Gasteiger partial charge in [0.1, 0.15) is 11.4 Å². The molecule has 1 aromatic heterocycles. The van der Waals surface area contributed by atoms with Crippen molar-refractivity contribution < 1.29 is 14.2 Å². The third-order valence-corrected chi connectivity index (χ3v) is 5.12. The number of hydrogen-bond acceptors (Lipinski definition) is 5. The van der Waals surface area contributed by atoms with Crippen LogP contribution in [-0.4, -0.2) is 57.6 Å². The normalized spacial score (nSPS) is 24.4. The summed E-state index contributed by atoms with van der Waals surface area (Å²) in [7, 11) is 0. The predicted octanol–water partition coefficient (Wildman–Crippen LogP) is 1.42. The lowest BCUT2D eigenvalue weighted by Gasteiger charge is -2.47. The van der Waals surface area contributed by atoms with E-state index in [4.69, 9.17) is 0 Å². The smallest absolute Gasteiger partial charge is 0.228 e. The zero-order chi connectivity index (χ0) is 17.3. The van der Waals surface area contributed by atoms with E-state index >= 15 is 0 Å². The summed E-state index contributed by atoms with van der Waals surface area (Å²) in [5.41, 5.74) is 1.28. The van der Waals surface area contributed by atoms with Crippen LogP contribution in [0.1, 0.15) is 44.5 Å². The van der Waals surface area contributed by atoms with Crippen LogP contribution in [0, 0.1) is 18.8 Å². The van der Waals surface area contributed by atoms with E-state index in [0.29, 0.717) is 36.2 Å². The van der Waals surface area contributed by atoms with Crippen LogP contribution in [0.2, 0.25) is 0 Å². The number of likely N-dealkylation sites (tertiary alicyclic amines) is 2. The molecule has 0 spiro atoms. The number of carbonyl (C=O) groups excluding carboxylic acids is 2. The molecule has 0 aromatic carbocycles. The molecule has 0 aliphatic carbocycles. The molecule has 2 saturated heterocycles. The van der Waals surface area contributed by atoms with Crippen LogP contribution >= 0.6 is 0 Å². The SMILES string of the molecule is Cc1nonc1CC(=O)N1CCC2C(CCC(=O)N2CC(C)C)C1. The first kappa shape index (κ1) is 16.9. The molecule has 24 heavy (non-hydrogen) atoms. The summed E-state index contributed by atoms with van der Waals surface area (Å²) in [5.74, 6) is 1.19. The molecule has 3 heterocycles. The zero-order valence-corrected chi connectivity index (χ0v) is 14.7. The minimum Gasteiger partial charge on any atom is -0.342 e. The summed E-state index contributed by atoms with van der Waals surface area (Å²) >= 11 is 0. The zero-order valence-electron chi connectivity index (χ0n) is 14.7. The summed E-state index contributed by atoms with van der Waals surface area (Å²) in [6.07, 6.45) is 2.58. The van der Waals surface area contributed by atoms with E-state index in [1.807, 2.05) is 4.90 Å².